The number of aromatic nitrogens is 2. The van der Waals surface area contributed by atoms with Crippen LogP contribution in [0.25, 0.3) is 0 Å². The number of nitrogens with zero attached hydrogens (tertiary/aromatic N) is 2. The van der Waals surface area contributed by atoms with Gasteiger partial charge < -0.3 is 5.32 Å². The summed E-state index contributed by atoms with van der Waals surface area (Å²) in [5, 5.41) is 2.50. The van der Waals surface area contributed by atoms with E-state index in [0.717, 1.165) is 12.4 Å². The maximum absolute atomic E-state index is 13.4. The van der Waals surface area contributed by atoms with E-state index >= 15 is 0 Å². The van der Waals surface area contributed by atoms with Crippen LogP contribution in [-0.2, 0) is 0 Å². The van der Waals surface area contributed by atoms with Gasteiger partial charge >= 0.3 is 0 Å². The zero-order valence-corrected chi connectivity index (χ0v) is 9.58. The fraction of sp³-hybridized carbons (Fsp3) is 0. The van der Waals surface area contributed by atoms with Gasteiger partial charge in [0.25, 0.3) is 0 Å². The Balaban J connectivity index is 2.40. The molecule has 0 spiro atoms. The summed E-state index contributed by atoms with van der Waals surface area (Å²) in [5.41, 5.74) is -0.0165. The van der Waals surface area contributed by atoms with Crippen LogP contribution in [0.1, 0.15) is 10.4 Å². The molecular weight excluding hydrogens is 264 g/mol. The topological polar surface area (TPSA) is 54.9 Å². The van der Waals surface area contributed by atoms with Crippen molar-refractivity contribution in [3.05, 3.63) is 46.9 Å². The molecule has 0 atom stereocenters. The highest BCUT2D eigenvalue weighted by Crippen LogP contribution is 2.23. The summed E-state index contributed by atoms with van der Waals surface area (Å²) in [6, 6.07) is 2.98. The normalized spacial score (nSPS) is 10.2. The van der Waals surface area contributed by atoms with Gasteiger partial charge in [0.2, 0.25) is 0 Å². The molecule has 0 aliphatic carbocycles. The van der Waals surface area contributed by atoms with Crippen molar-refractivity contribution in [1.29, 1.82) is 0 Å². The van der Waals surface area contributed by atoms with Gasteiger partial charge in [0.15, 0.2) is 6.29 Å². The molecule has 1 aromatic heterocycles. The lowest BCUT2D eigenvalue weighted by molar-refractivity contribution is 0.112. The molecule has 92 valence electrons. The predicted octanol–water partition coefficient (Wildman–Crippen LogP) is 2.96. The molecule has 0 unspecified atom stereocenters. The highest BCUT2D eigenvalue weighted by Gasteiger charge is 2.11. The number of rotatable bonds is 3. The molecule has 0 aliphatic heterocycles. The van der Waals surface area contributed by atoms with Crippen molar-refractivity contribution in [2.24, 2.45) is 0 Å². The van der Waals surface area contributed by atoms with E-state index in [4.69, 9.17) is 11.6 Å². The van der Waals surface area contributed by atoms with E-state index in [2.05, 4.69) is 15.3 Å². The molecule has 0 saturated carbocycles. The van der Waals surface area contributed by atoms with Crippen molar-refractivity contribution in [2.45, 2.75) is 0 Å². The first kappa shape index (κ1) is 12.4. The molecule has 1 N–H and O–H groups in total. The van der Waals surface area contributed by atoms with Crippen molar-refractivity contribution < 1.29 is 13.6 Å². The summed E-state index contributed by atoms with van der Waals surface area (Å²) >= 11 is 5.68. The van der Waals surface area contributed by atoms with Crippen molar-refractivity contribution >= 4 is 29.4 Å². The van der Waals surface area contributed by atoms with Crippen LogP contribution in [0.4, 0.5) is 20.3 Å². The fourth-order valence-corrected chi connectivity index (χ4v) is 1.47. The average molecular weight is 270 g/mol. The SMILES string of the molecule is O=Cc1c(Cl)ncnc1Nc1ccc(F)cc1F. The number of aldehydes is 1. The number of halogens is 3. The summed E-state index contributed by atoms with van der Waals surface area (Å²) in [7, 11) is 0. The number of carbonyl (C=O) groups is 1. The third-order valence-corrected chi connectivity index (χ3v) is 2.44. The standard InChI is InChI=1S/C11H6ClF2N3O/c12-10-7(4-18)11(16-5-15-10)17-9-2-1-6(13)3-8(9)14/h1-5H,(H,15,16,17). The Hall–Kier alpha value is -2.08. The largest absolute Gasteiger partial charge is 0.337 e. The molecule has 0 radical (unpaired) electrons. The van der Waals surface area contributed by atoms with E-state index in [1.165, 1.54) is 6.07 Å². The summed E-state index contributed by atoms with van der Waals surface area (Å²) in [5.74, 6) is -1.45. The number of hydrogen-bond donors (Lipinski definition) is 1. The Kier molecular flexibility index (Phi) is 3.47. The fourth-order valence-electron chi connectivity index (χ4n) is 1.30. The maximum Gasteiger partial charge on any atom is 0.156 e. The van der Waals surface area contributed by atoms with E-state index in [1.807, 2.05) is 0 Å². The first-order valence-corrected chi connectivity index (χ1v) is 5.17. The van der Waals surface area contributed by atoms with Crippen molar-refractivity contribution in [1.82, 2.24) is 9.97 Å². The molecule has 2 aromatic rings. The second kappa shape index (κ2) is 5.05. The van der Waals surface area contributed by atoms with Crippen LogP contribution in [0.5, 0.6) is 0 Å². The van der Waals surface area contributed by atoms with Crippen LogP contribution in [0.15, 0.2) is 24.5 Å². The monoisotopic (exact) mass is 269 g/mol. The molecule has 2 rings (SSSR count). The smallest absolute Gasteiger partial charge is 0.156 e. The van der Waals surface area contributed by atoms with Crippen molar-refractivity contribution in [3.8, 4) is 0 Å². The predicted molar refractivity (Wildman–Crippen MR) is 62.1 cm³/mol. The van der Waals surface area contributed by atoms with Crippen LogP contribution in [-0.4, -0.2) is 16.3 Å². The number of hydrogen-bond acceptors (Lipinski definition) is 4. The minimum absolute atomic E-state index is 0.00268. The summed E-state index contributed by atoms with van der Waals surface area (Å²) < 4.78 is 26.1. The Morgan fingerprint density at radius 1 is 1.28 bits per heavy atom. The highest BCUT2D eigenvalue weighted by atomic mass is 35.5. The van der Waals surface area contributed by atoms with Crippen molar-refractivity contribution in [3.63, 3.8) is 0 Å². The zero-order valence-electron chi connectivity index (χ0n) is 8.82. The lowest BCUT2D eigenvalue weighted by atomic mass is 10.2. The van der Waals surface area contributed by atoms with E-state index in [1.54, 1.807) is 0 Å². The minimum Gasteiger partial charge on any atom is -0.337 e. The van der Waals surface area contributed by atoms with E-state index in [9.17, 15) is 13.6 Å². The molecule has 0 bridgehead atoms. The Morgan fingerprint density at radius 3 is 2.72 bits per heavy atom. The lowest BCUT2D eigenvalue weighted by Gasteiger charge is -2.08. The summed E-state index contributed by atoms with van der Waals surface area (Å²) in [6.45, 7) is 0. The average Bonchev–Trinajstić information content (AvgIpc) is 2.33. The van der Waals surface area contributed by atoms with Gasteiger partial charge in [0.1, 0.15) is 28.9 Å². The Morgan fingerprint density at radius 2 is 2.06 bits per heavy atom. The molecule has 0 aliphatic rings. The number of nitrogens with one attached hydrogen (secondary N) is 1. The first-order chi connectivity index (χ1) is 8.61. The van der Waals surface area contributed by atoms with Gasteiger partial charge in [-0.25, -0.2) is 18.7 Å². The van der Waals surface area contributed by atoms with Crippen LogP contribution < -0.4 is 5.32 Å². The van der Waals surface area contributed by atoms with E-state index < -0.39 is 11.6 Å². The van der Waals surface area contributed by atoms with Gasteiger partial charge in [0.05, 0.1) is 11.3 Å². The first-order valence-electron chi connectivity index (χ1n) is 4.79. The quantitative estimate of drug-likeness (QED) is 0.687. The zero-order chi connectivity index (χ0) is 13.1. The van der Waals surface area contributed by atoms with Crippen LogP contribution in [0.2, 0.25) is 5.15 Å². The molecular formula is C11H6ClF2N3O. The molecule has 7 heteroatoms. The number of benzene rings is 1. The second-order valence-corrected chi connectivity index (χ2v) is 3.65. The number of carbonyl (C=O) groups excluding carboxylic acids is 1. The maximum atomic E-state index is 13.4. The molecule has 18 heavy (non-hydrogen) atoms. The Bertz CT molecular complexity index is 607. The van der Waals surface area contributed by atoms with Gasteiger partial charge in [-0.2, -0.15) is 0 Å². The summed E-state index contributed by atoms with van der Waals surface area (Å²) in [6.07, 6.45) is 1.57. The van der Waals surface area contributed by atoms with E-state index in [-0.39, 0.29) is 22.2 Å². The third kappa shape index (κ3) is 2.43. The summed E-state index contributed by atoms with van der Waals surface area (Å²) in [4.78, 5) is 18.2. The molecule has 0 saturated heterocycles. The minimum atomic E-state index is -0.804. The van der Waals surface area contributed by atoms with Gasteiger partial charge in [-0.15, -0.1) is 0 Å². The molecule has 4 nitrogen and oxygen atoms in total. The third-order valence-electron chi connectivity index (χ3n) is 2.14. The molecule has 0 fully saturated rings. The van der Waals surface area contributed by atoms with Crippen LogP contribution in [0, 0.1) is 11.6 Å². The van der Waals surface area contributed by atoms with Crippen LogP contribution >= 0.6 is 11.6 Å². The number of anilines is 2. The lowest BCUT2D eigenvalue weighted by Crippen LogP contribution is -2.02. The van der Waals surface area contributed by atoms with Gasteiger partial charge in [-0.3, -0.25) is 4.79 Å². The highest BCUT2D eigenvalue weighted by molar-refractivity contribution is 6.32. The van der Waals surface area contributed by atoms with Gasteiger partial charge in [0, 0.05) is 6.07 Å². The van der Waals surface area contributed by atoms with Gasteiger partial charge in [-0.05, 0) is 12.1 Å². The second-order valence-electron chi connectivity index (χ2n) is 3.29. The Labute approximate surface area is 106 Å². The van der Waals surface area contributed by atoms with Gasteiger partial charge in [-0.1, -0.05) is 11.6 Å². The molecule has 1 heterocycles. The van der Waals surface area contributed by atoms with Crippen LogP contribution in [0.3, 0.4) is 0 Å². The molecule has 1 aromatic carbocycles. The van der Waals surface area contributed by atoms with E-state index in [0.29, 0.717) is 12.4 Å². The molecule has 0 amide bonds. The van der Waals surface area contributed by atoms with Crippen molar-refractivity contribution in [2.75, 3.05) is 5.32 Å².